The van der Waals surface area contributed by atoms with Crippen LogP contribution >= 0.6 is 0 Å². The fourth-order valence-corrected chi connectivity index (χ4v) is 4.63. The second-order valence-corrected chi connectivity index (χ2v) is 8.96. The minimum absolute atomic E-state index is 0.135. The SMILES string of the molecule is CC1(C2CC2)NC(=O)N(CC(=O)N2CCCN(CCCc3ccccc3)CC2)C1=O. The number of benzene rings is 1. The number of hydrogen-bond donors (Lipinski definition) is 1. The number of hydrogen-bond acceptors (Lipinski definition) is 4. The number of aryl methyl sites for hydroxylation is 1. The van der Waals surface area contributed by atoms with Crippen LogP contribution in [0.4, 0.5) is 4.79 Å². The Labute approximate surface area is 178 Å². The highest BCUT2D eigenvalue weighted by Gasteiger charge is 2.56. The van der Waals surface area contributed by atoms with Gasteiger partial charge in [-0.15, -0.1) is 0 Å². The van der Waals surface area contributed by atoms with Crippen molar-refractivity contribution in [2.24, 2.45) is 5.92 Å². The van der Waals surface area contributed by atoms with Gasteiger partial charge in [0.1, 0.15) is 12.1 Å². The first kappa shape index (κ1) is 20.8. The molecule has 2 saturated heterocycles. The molecule has 0 spiro atoms. The molecule has 1 aromatic rings. The number of nitrogens with zero attached hydrogens (tertiary/aromatic N) is 3. The molecule has 4 rings (SSSR count). The van der Waals surface area contributed by atoms with Gasteiger partial charge in [0, 0.05) is 19.6 Å². The normalized spacial score (nSPS) is 25.4. The predicted octanol–water partition coefficient (Wildman–Crippen LogP) is 1.87. The van der Waals surface area contributed by atoms with Gasteiger partial charge in [-0.2, -0.15) is 0 Å². The summed E-state index contributed by atoms with van der Waals surface area (Å²) in [6.45, 7) is 5.78. The zero-order chi connectivity index (χ0) is 21.1. The van der Waals surface area contributed by atoms with Crippen LogP contribution in [0.15, 0.2) is 30.3 Å². The van der Waals surface area contributed by atoms with E-state index in [1.807, 2.05) is 11.0 Å². The average molecular weight is 413 g/mol. The molecule has 0 radical (unpaired) electrons. The minimum atomic E-state index is -0.828. The first-order valence-corrected chi connectivity index (χ1v) is 11.2. The third-order valence-corrected chi connectivity index (χ3v) is 6.71. The molecule has 0 bridgehead atoms. The topological polar surface area (TPSA) is 73.0 Å². The van der Waals surface area contributed by atoms with E-state index >= 15 is 0 Å². The summed E-state index contributed by atoms with van der Waals surface area (Å²) in [5.41, 5.74) is 0.530. The molecule has 1 N–H and O–H groups in total. The Kier molecular flexibility index (Phi) is 6.09. The van der Waals surface area contributed by atoms with Crippen LogP contribution in [0.25, 0.3) is 0 Å². The number of amides is 4. The zero-order valence-electron chi connectivity index (χ0n) is 17.8. The van der Waals surface area contributed by atoms with Crippen molar-refractivity contribution in [2.75, 3.05) is 39.3 Å². The van der Waals surface area contributed by atoms with Gasteiger partial charge >= 0.3 is 6.03 Å². The lowest BCUT2D eigenvalue weighted by Gasteiger charge is -2.24. The molecule has 4 amide bonds. The van der Waals surface area contributed by atoms with E-state index in [-0.39, 0.29) is 24.3 Å². The lowest BCUT2D eigenvalue weighted by atomic mass is 9.96. The van der Waals surface area contributed by atoms with Gasteiger partial charge in [-0.3, -0.25) is 14.5 Å². The van der Waals surface area contributed by atoms with E-state index < -0.39 is 11.6 Å². The smallest absolute Gasteiger partial charge is 0.325 e. The maximum absolute atomic E-state index is 12.8. The molecule has 7 heteroatoms. The summed E-state index contributed by atoms with van der Waals surface area (Å²) in [4.78, 5) is 43.2. The highest BCUT2D eigenvalue weighted by atomic mass is 16.2. The number of nitrogens with one attached hydrogen (secondary N) is 1. The highest BCUT2D eigenvalue weighted by Crippen LogP contribution is 2.42. The number of urea groups is 1. The summed E-state index contributed by atoms with van der Waals surface area (Å²) >= 11 is 0. The number of carbonyl (C=O) groups is 3. The van der Waals surface area contributed by atoms with Crippen molar-refractivity contribution >= 4 is 17.8 Å². The Balaban J connectivity index is 1.24. The summed E-state index contributed by atoms with van der Waals surface area (Å²) in [5.74, 6) is -0.179. The Morgan fingerprint density at radius 2 is 1.87 bits per heavy atom. The Morgan fingerprint density at radius 1 is 1.10 bits per heavy atom. The predicted molar refractivity (Wildman–Crippen MR) is 114 cm³/mol. The van der Waals surface area contributed by atoms with Crippen LogP contribution in [0, 0.1) is 5.92 Å². The lowest BCUT2D eigenvalue weighted by molar-refractivity contribution is -0.139. The zero-order valence-corrected chi connectivity index (χ0v) is 17.8. The van der Waals surface area contributed by atoms with Crippen LogP contribution in [0.2, 0.25) is 0 Å². The van der Waals surface area contributed by atoms with E-state index in [1.54, 1.807) is 6.92 Å². The van der Waals surface area contributed by atoms with Gasteiger partial charge in [0.15, 0.2) is 0 Å². The van der Waals surface area contributed by atoms with Crippen molar-refractivity contribution in [3.63, 3.8) is 0 Å². The van der Waals surface area contributed by atoms with Gasteiger partial charge in [0.2, 0.25) is 5.91 Å². The van der Waals surface area contributed by atoms with Crippen LogP contribution in [-0.4, -0.2) is 77.4 Å². The van der Waals surface area contributed by atoms with Crippen molar-refractivity contribution in [3.05, 3.63) is 35.9 Å². The standard InChI is InChI=1S/C23H32N4O3/c1-23(19-10-11-19)21(29)27(22(30)24-23)17-20(28)26-14-6-13-25(15-16-26)12-5-9-18-7-3-2-4-8-18/h2-4,7-8,19H,5-6,9-17H2,1H3,(H,24,30). The number of rotatable bonds is 7. The number of carbonyl (C=O) groups excluding carboxylic acids is 3. The van der Waals surface area contributed by atoms with Crippen LogP contribution in [-0.2, 0) is 16.0 Å². The molecule has 3 aliphatic rings. The van der Waals surface area contributed by atoms with Gasteiger partial charge in [-0.05, 0) is 63.6 Å². The van der Waals surface area contributed by atoms with Crippen LogP contribution in [0.1, 0.15) is 38.2 Å². The summed E-state index contributed by atoms with van der Waals surface area (Å²) in [6.07, 6.45) is 4.98. The van der Waals surface area contributed by atoms with E-state index in [9.17, 15) is 14.4 Å². The quantitative estimate of drug-likeness (QED) is 0.694. The molecule has 3 fully saturated rings. The molecule has 162 valence electrons. The Hall–Kier alpha value is -2.41. The second-order valence-electron chi connectivity index (χ2n) is 8.96. The van der Waals surface area contributed by atoms with Crippen LogP contribution in [0.3, 0.4) is 0 Å². The van der Waals surface area contributed by atoms with Crippen molar-refractivity contribution in [2.45, 2.75) is 44.6 Å². The molecular formula is C23H32N4O3. The van der Waals surface area contributed by atoms with E-state index in [0.29, 0.717) is 13.1 Å². The molecule has 0 aromatic heterocycles. The maximum Gasteiger partial charge on any atom is 0.325 e. The molecule has 1 atom stereocenters. The maximum atomic E-state index is 12.8. The Morgan fingerprint density at radius 3 is 2.60 bits per heavy atom. The Bertz CT molecular complexity index is 795. The largest absolute Gasteiger partial charge is 0.340 e. The molecule has 1 saturated carbocycles. The van der Waals surface area contributed by atoms with E-state index in [2.05, 4.69) is 34.5 Å². The van der Waals surface area contributed by atoms with Gasteiger partial charge in [0.05, 0.1) is 0 Å². The van der Waals surface area contributed by atoms with Gasteiger partial charge in [-0.1, -0.05) is 30.3 Å². The molecule has 1 unspecified atom stereocenters. The summed E-state index contributed by atoms with van der Waals surface area (Å²) in [6, 6.07) is 10.1. The van der Waals surface area contributed by atoms with Crippen molar-refractivity contribution in [3.8, 4) is 0 Å². The average Bonchev–Trinajstić information content (AvgIpc) is 3.57. The fourth-order valence-electron chi connectivity index (χ4n) is 4.63. The second kappa shape index (κ2) is 8.76. The van der Waals surface area contributed by atoms with E-state index in [4.69, 9.17) is 0 Å². The molecule has 7 nitrogen and oxygen atoms in total. The van der Waals surface area contributed by atoms with Crippen molar-refractivity contribution in [1.82, 2.24) is 20.0 Å². The van der Waals surface area contributed by atoms with Crippen molar-refractivity contribution < 1.29 is 14.4 Å². The molecular weight excluding hydrogens is 380 g/mol. The third kappa shape index (κ3) is 4.51. The van der Waals surface area contributed by atoms with Crippen LogP contribution < -0.4 is 5.32 Å². The van der Waals surface area contributed by atoms with Gasteiger partial charge in [0.25, 0.3) is 5.91 Å². The summed E-state index contributed by atoms with van der Waals surface area (Å²) < 4.78 is 0. The molecule has 1 aromatic carbocycles. The highest BCUT2D eigenvalue weighted by molar-refractivity contribution is 6.09. The van der Waals surface area contributed by atoms with Gasteiger partial charge < -0.3 is 15.1 Å². The molecule has 2 heterocycles. The van der Waals surface area contributed by atoms with Crippen LogP contribution in [0.5, 0.6) is 0 Å². The molecule has 2 aliphatic heterocycles. The fraction of sp³-hybridized carbons (Fsp3) is 0.609. The summed E-state index contributed by atoms with van der Waals surface area (Å²) in [5, 5.41) is 2.81. The monoisotopic (exact) mass is 412 g/mol. The van der Waals surface area contributed by atoms with Crippen molar-refractivity contribution in [1.29, 1.82) is 0 Å². The van der Waals surface area contributed by atoms with E-state index in [1.165, 1.54) is 5.56 Å². The van der Waals surface area contributed by atoms with E-state index in [0.717, 1.165) is 56.6 Å². The third-order valence-electron chi connectivity index (χ3n) is 6.71. The molecule has 1 aliphatic carbocycles. The summed E-state index contributed by atoms with van der Waals surface area (Å²) in [7, 11) is 0. The first-order chi connectivity index (χ1) is 14.5. The first-order valence-electron chi connectivity index (χ1n) is 11.2. The van der Waals surface area contributed by atoms with Gasteiger partial charge in [-0.25, -0.2) is 4.79 Å². The lowest BCUT2D eigenvalue weighted by Crippen LogP contribution is -2.47. The number of imide groups is 1. The molecule has 30 heavy (non-hydrogen) atoms. The minimum Gasteiger partial charge on any atom is -0.340 e.